The molecule has 0 spiro atoms. The smallest absolute Gasteiger partial charge is 0.200 e. The van der Waals surface area contributed by atoms with Gasteiger partial charge in [-0.2, -0.15) is 0 Å². The molecule has 0 saturated heterocycles. The zero-order valence-electron chi connectivity index (χ0n) is 9.16. The summed E-state index contributed by atoms with van der Waals surface area (Å²) in [7, 11) is 0. The molecule has 3 aromatic rings. The minimum atomic E-state index is -0.410. The van der Waals surface area contributed by atoms with Gasteiger partial charge >= 0.3 is 0 Å². The maximum Gasteiger partial charge on any atom is 0.200 e. The molecule has 0 aliphatic heterocycles. The van der Waals surface area contributed by atoms with Crippen LogP contribution in [0.2, 0.25) is 0 Å². The SMILES string of the molecule is Cc1ccc2c(=O)c3ccc(F)cc3oc2c1. The summed E-state index contributed by atoms with van der Waals surface area (Å²) in [5.74, 6) is -0.410. The van der Waals surface area contributed by atoms with E-state index in [-0.39, 0.29) is 11.0 Å². The quantitative estimate of drug-likeness (QED) is 0.552. The van der Waals surface area contributed by atoms with E-state index >= 15 is 0 Å². The molecule has 1 aromatic heterocycles. The average molecular weight is 228 g/mol. The van der Waals surface area contributed by atoms with Gasteiger partial charge in [0.05, 0.1) is 10.8 Å². The average Bonchev–Trinajstić information content (AvgIpc) is 2.28. The van der Waals surface area contributed by atoms with E-state index in [2.05, 4.69) is 0 Å². The lowest BCUT2D eigenvalue weighted by molar-refractivity contribution is 0.615. The first kappa shape index (κ1) is 10.0. The van der Waals surface area contributed by atoms with Crippen molar-refractivity contribution in [2.75, 3.05) is 0 Å². The normalized spacial score (nSPS) is 11.2. The standard InChI is InChI=1S/C14H9FO2/c1-8-2-4-10-12(6-8)17-13-7-9(15)3-5-11(13)14(10)16/h2-7H,1H3. The van der Waals surface area contributed by atoms with Crippen molar-refractivity contribution < 1.29 is 8.81 Å². The third-order valence-corrected chi connectivity index (χ3v) is 2.79. The van der Waals surface area contributed by atoms with Crippen LogP contribution >= 0.6 is 0 Å². The minimum absolute atomic E-state index is 0.124. The second-order valence-corrected chi connectivity index (χ2v) is 4.07. The Labute approximate surface area is 96.3 Å². The number of halogens is 1. The molecule has 0 N–H and O–H groups in total. The van der Waals surface area contributed by atoms with E-state index in [0.29, 0.717) is 16.4 Å². The van der Waals surface area contributed by atoms with Gasteiger partial charge in [0, 0.05) is 6.07 Å². The Bertz CT molecular complexity index is 724. The van der Waals surface area contributed by atoms with Crippen molar-refractivity contribution in [1.82, 2.24) is 0 Å². The molecule has 0 fully saturated rings. The van der Waals surface area contributed by atoms with E-state index in [1.54, 1.807) is 12.1 Å². The summed E-state index contributed by atoms with van der Waals surface area (Å²) in [6.45, 7) is 1.91. The second kappa shape index (κ2) is 3.42. The van der Waals surface area contributed by atoms with Gasteiger partial charge in [0.15, 0.2) is 0 Å². The lowest BCUT2D eigenvalue weighted by Crippen LogP contribution is -2.02. The summed E-state index contributed by atoms with van der Waals surface area (Å²) in [5.41, 5.74) is 1.65. The number of rotatable bonds is 0. The van der Waals surface area contributed by atoms with E-state index in [9.17, 15) is 9.18 Å². The summed E-state index contributed by atoms with van der Waals surface area (Å²) in [6.07, 6.45) is 0. The number of fused-ring (bicyclic) bond motifs is 2. The van der Waals surface area contributed by atoms with Gasteiger partial charge in [-0.1, -0.05) is 6.07 Å². The van der Waals surface area contributed by atoms with E-state index in [1.165, 1.54) is 18.2 Å². The van der Waals surface area contributed by atoms with Crippen molar-refractivity contribution in [3.05, 3.63) is 58.0 Å². The molecule has 3 rings (SSSR count). The fraction of sp³-hybridized carbons (Fsp3) is 0.0714. The molecular formula is C14H9FO2. The summed E-state index contributed by atoms with van der Waals surface area (Å²) in [6, 6.07) is 9.32. The van der Waals surface area contributed by atoms with Gasteiger partial charge < -0.3 is 4.42 Å². The third-order valence-electron chi connectivity index (χ3n) is 2.79. The third kappa shape index (κ3) is 1.51. The van der Waals surface area contributed by atoms with Gasteiger partial charge in [0.1, 0.15) is 17.0 Å². The van der Waals surface area contributed by atoms with Crippen LogP contribution in [-0.4, -0.2) is 0 Å². The molecule has 2 aromatic carbocycles. The largest absolute Gasteiger partial charge is 0.456 e. The summed E-state index contributed by atoms with van der Waals surface area (Å²) in [4.78, 5) is 12.1. The molecule has 1 heterocycles. The molecule has 3 heteroatoms. The first-order valence-electron chi connectivity index (χ1n) is 5.28. The molecule has 0 aliphatic carbocycles. The number of hydrogen-bond donors (Lipinski definition) is 0. The van der Waals surface area contributed by atoms with Crippen molar-refractivity contribution in [2.45, 2.75) is 6.92 Å². The molecule has 2 nitrogen and oxygen atoms in total. The van der Waals surface area contributed by atoms with Crippen molar-refractivity contribution in [3.63, 3.8) is 0 Å². The maximum absolute atomic E-state index is 13.1. The van der Waals surface area contributed by atoms with Gasteiger partial charge in [-0.3, -0.25) is 4.79 Å². The number of hydrogen-bond acceptors (Lipinski definition) is 2. The molecule has 0 saturated carbocycles. The van der Waals surface area contributed by atoms with E-state index < -0.39 is 5.82 Å². The van der Waals surface area contributed by atoms with Gasteiger partial charge in [0.2, 0.25) is 5.43 Å². The molecule has 84 valence electrons. The summed E-state index contributed by atoms with van der Waals surface area (Å²) >= 11 is 0. The fourth-order valence-electron chi connectivity index (χ4n) is 1.93. The Morgan fingerprint density at radius 3 is 2.41 bits per heavy atom. The molecular weight excluding hydrogens is 219 g/mol. The van der Waals surface area contributed by atoms with Crippen LogP contribution in [0.4, 0.5) is 4.39 Å². The van der Waals surface area contributed by atoms with Crippen molar-refractivity contribution in [3.8, 4) is 0 Å². The first-order chi connectivity index (χ1) is 8.15. The lowest BCUT2D eigenvalue weighted by Gasteiger charge is -2.02. The summed E-state index contributed by atoms with van der Waals surface area (Å²) < 4.78 is 18.6. The van der Waals surface area contributed by atoms with Gasteiger partial charge in [0.25, 0.3) is 0 Å². The second-order valence-electron chi connectivity index (χ2n) is 4.07. The summed E-state index contributed by atoms with van der Waals surface area (Å²) in [5, 5.41) is 0.928. The van der Waals surface area contributed by atoms with Crippen LogP contribution in [0.5, 0.6) is 0 Å². The zero-order chi connectivity index (χ0) is 12.0. The van der Waals surface area contributed by atoms with E-state index in [1.807, 2.05) is 13.0 Å². The number of aryl methyl sites for hydroxylation is 1. The molecule has 17 heavy (non-hydrogen) atoms. The van der Waals surface area contributed by atoms with Crippen molar-refractivity contribution in [1.29, 1.82) is 0 Å². The molecule has 0 bridgehead atoms. The fourth-order valence-corrected chi connectivity index (χ4v) is 1.93. The highest BCUT2D eigenvalue weighted by atomic mass is 19.1. The van der Waals surface area contributed by atoms with Crippen LogP contribution in [-0.2, 0) is 0 Å². The van der Waals surface area contributed by atoms with Gasteiger partial charge in [-0.25, -0.2) is 4.39 Å². The Hall–Kier alpha value is -2.16. The van der Waals surface area contributed by atoms with Crippen LogP contribution in [0.3, 0.4) is 0 Å². The Morgan fingerprint density at radius 1 is 1.00 bits per heavy atom. The van der Waals surface area contributed by atoms with E-state index in [4.69, 9.17) is 4.42 Å². The predicted molar refractivity (Wildman–Crippen MR) is 64.7 cm³/mol. The number of benzene rings is 2. The highest BCUT2D eigenvalue weighted by Crippen LogP contribution is 2.20. The minimum Gasteiger partial charge on any atom is -0.456 e. The molecule has 0 aliphatic rings. The van der Waals surface area contributed by atoms with Gasteiger partial charge in [-0.05, 0) is 36.8 Å². The van der Waals surface area contributed by atoms with Crippen LogP contribution < -0.4 is 5.43 Å². The van der Waals surface area contributed by atoms with Crippen LogP contribution in [0.25, 0.3) is 21.9 Å². The van der Waals surface area contributed by atoms with E-state index in [0.717, 1.165) is 5.56 Å². The molecule has 0 unspecified atom stereocenters. The topological polar surface area (TPSA) is 30.2 Å². The highest BCUT2D eigenvalue weighted by Gasteiger charge is 2.08. The predicted octanol–water partition coefficient (Wildman–Crippen LogP) is 3.39. The Kier molecular flexibility index (Phi) is 2.01. The van der Waals surface area contributed by atoms with Crippen LogP contribution in [0.1, 0.15) is 5.56 Å². The molecule has 0 atom stereocenters. The zero-order valence-corrected chi connectivity index (χ0v) is 9.16. The maximum atomic E-state index is 13.1. The van der Waals surface area contributed by atoms with Gasteiger partial charge in [-0.15, -0.1) is 0 Å². The van der Waals surface area contributed by atoms with Crippen molar-refractivity contribution >= 4 is 21.9 Å². The van der Waals surface area contributed by atoms with Crippen LogP contribution in [0, 0.1) is 12.7 Å². The Morgan fingerprint density at radius 2 is 1.65 bits per heavy atom. The molecule has 0 radical (unpaired) electrons. The monoisotopic (exact) mass is 228 g/mol. The van der Waals surface area contributed by atoms with Crippen LogP contribution in [0.15, 0.2) is 45.6 Å². The lowest BCUT2D eigenvalue weighted by atomic mass is 10.1. The first-order valence-corrected chi connectivity index (χ1v) is 5.28. The van der Waals surface area contributed by atoms with Crippen molar-refractivity contribution in [2.24, 2.45) is 0 Å². The molecule has 0 amide bonds. The highest BCUT2D eigenvalue weighted by molar-refractivity contribution is 5.89. The Balaban J connectivity index is 2.57.